The van der Waals surface area contributed by atoms with E-state index in [0.717, 1.165) is 23.9 Å². The van der Waals surface area contributed by atoms with Gasteiger partial charge in [0.25, 0.3) is 0 Å². The molecule has 1 N–H and O–H groups in total. The van der Waals surface area contributed by atoms with Crippen LogP contribution in [0.2, 0.25) is 0 Å². The van der Waals surface area contributed by atoms with Gasteiger partial charge in [0.1, 0.15) is 0 Å². The molecule has 1 heterocycles. The Balaban J connectivity index is 1.97. The van der Waals surface area contributed by atoms with Gasteiger partial charge in [-0.3, -0.25) is 4.90 Å². The lowest BCUT2D eigenvalue weighted by Gasteiger charge is -2.47. The summed E-state index contributed by atoms with van der Waals surface area (Å²) in [7, 11) is 2.08. The average molecular weight is 252 g/mol. The lowest BCUT2D eigenvalue weighted by atomic mass is 9.78. The second kappa shape index (κ2) is 6.91. The maximum absolute atomic E-state index is 3.33. The van der Waals surface area contributed by atoms with Crippen molar-refractivity contribution in [2.45, 2.75) is 70.9 Å². The van der Waals surface area contributed by atoms with Gasteiger partial charge in [-0.05, 0) is 64.1 Å². The Morgan fingerprint density at radius 1 is 1.11 bits per heavy atom. The summed E-state index contributed by atoms with van der Waals surface area (Å²) in [5.41, 5.74) is 0. The first-order valence-electron chi connectivity index (χ1n) is 8.12. The maximum atomic E-state index is 3.33. The van der Waals surface area contributed by atoms with E-state index in [2.05, 4.69) is 31.1 Å². The first-order chi connectivity index (χ1) is 8.72. The van der Waals surface area contributed by atoms with E-state index in [1.807, 2.05) is 0 Å². The molecule has 2 fully saturated rings. The highest BCUT2D eigenvalue weighted by Crippen LogP contribution is 2.35. The highest BCUT2D eigenvalue weighted by molar-refractivity contribution is 4.89. The fourth-order valence-electron chi connectivity index (χ4n) is 4.04. The molecule has 0 radical (unpaired) electrons. The molecule has 0 spiro atoms. The van der Waals surface area contributed by atoms with Crippen molar-refractivity contribution in [3.8, 4) is 0 Å². The highest BCUT2D eigenvalue weighted by atomic mass is 15.2. The molecule has 0 amide bonds. The van der Waals surface area contributed by atoms with Gasteiger partial charge in [0.05, 0.1) is 0 Å². The molecule has 0 aromatic rings. The Morgan fingerprint density at radius 3 is 2.72 bits per heavy atom. The Morgan fingerprint density at radius 2 is 1.94 bits per heavy atom. The van der Waals surface area contributed by atoms with Gasteiger partial charge in [-0.15, -0.1) is 0 Å². The van der Waals surface area contributed by atoms with Crippen molar-refractivity contribution >= 4 is 0 Å². The molecule has 106 valence electrons. The number of hydrogen-bond acceptors (Lipinski definition) is 2. The molecule has 0 aromatic carbocycles. The quantitative estimate of drug-likeness (QED) is 0.826. The van der Waals surface area contributed by atoms with Crippen LogP contribution in [-0.4, -0.2) is 37.1 Å². The summed E-state index contributed by atoms with van der Waals surface area (Å²) in [4.78, 5) is 2.89. The topological polar surface area (TPSA) is 15.3 Å². The fraction of sp³-hybridized carbons (Fsp3) is 1.00. The van der Waals surface area contributed by atoms with Gasteiger partial charge >= 0.3 is 0 Å². The van der Waals surface area contributed by atoms with E-state index in [0.29, 0.717) is 0 Å². The number of nitrogens with zero attached hydrogens (tertiary/aromatic N) is 1. The molecule has 1 saturated heterocycles. The highest BCUT2D eigenvalue weighted by Gasteiger charge is 2.34. The molecule has 2 rings (SSSR count). The summed E-state index contributed by atoms with van der Waals surface area (Å²) < 4.78 is 0. The van der Waals surface area contributed by atoms with Gasteiger partial charge in [-0.2, -0.15) is 0 Å². The summed E-state index contributed by atoms with van der Waals surface area (Å²) in [6.07, 6.45) is 9.98. The van der Waals surface area contributed by atoms with Crippen LogP contribution in [0.25, 0.3) is 0 Å². The van der Waals surface area contributed by atoms with E-state index < -0.39 is 0 Å². The minimum atomic E-state index is 0.851. The van der Waals surface area contributed by atoms with Crippen LogP contribution in [0, 0.1) is 11.8 Å². The first kappa shape index (κ1) is 14.3. The molecular formula is C16H32N2. The number of likely N-dealkylation sites (tertiary alicyclic amines) is 1. The number of nitrogens with one attached hydrogen (secondary N) is 1. The molecule has 1 aliphatic heterocycles. The van der Waals surface area contributed by atoms with Gasteiger partial charge in [0.2, 0.25) is 0 Å². The second-order valence-corrected chi connectivity index (χ2v) is 6.74. The number of hydrogen-bond donors (Lipinski definition) is 1. The smallest absolute Gasteiger partial charge is 0.0126 e. The summed E-state index contributed by atoms with van der Waals surface area (Å²) >= 11 is 0. The average Bonchev–Trinajstić information content (AvgIpc) is 2.39. The molecule has 1 saturated carbocycles. The van der Waals surface area contributed by atoms with Gasteiger partial charge < -0.3 is 5.32 Å². The fourth-order valence-corrected chi connectivity index (χ4v) is 4.04. The van der Waals surface area contributed by atoms with Crippen molar-refractivity contribution in [2.75, 3.05) is 20.1 Å². The van der Waals surface area contributed by atoms with Gasteiger partial charge in [0, 0.05) is 12.1 Å². The maximum Gasteiger partial charge on any atom is 0.0126 e. The zero-order valence-electron chi connectivity index (χ0n) is 12.6. The van der Waals surface area contributed by atoms with Crippen LogP contribution >= 0.6 is 0 Å². The van der Waals surface area contributed by atoms with Crippen LogP contribution in [0.3, 0.4) is 0 Å². The summed E-state index contributed by atoms with van der Waals surface area (Å²) in [5.74, 6) is 1.86. The predicted molar refractivity (Wildman–Crippen MR) is 78.9 cm³/mol. The molecule has 2 heteroatoms. The lowest BCUT2D eigenvalue weighted by molar-refractivity contribution is 0.0279. The Kier molecular flexibility index (Phi) is 5.50. The van der Waals surface area contributed by atoms with E-state index >= 15 is 0 Å². The molecule has 0 bridgehead atoms. The Bertz CT molecular complexity index is 241. The van der Waals surface area contributed by atoms with Gasteiger partial charge in [-0.25, -0.2) is 0 Å². The standard InChI is InChI=1S/C16H32N2/c1-13-7-8-14(2)16(12-13)18-11-5-4-6-15(18)9-10-17-3/h13-17H,4-12H2,1-3H3. The monoisotopic (exact) mass is 252 g/mol. The normalized spacial score (nSPS) is 38.8. The van der Waals surface area contributed by atoms with E-state index in [-0.39, 0.29) is 0 Å². The zero-order valence-corrected chi connectivity index (χ0v) is 12.6. The van der Waals surface area contributed by atoms with Crippen molar-refractivity contribution in [3.63, 3.8) is 0 Å². The molecule has 4 atom stereocenters. The molecule has 0 aromatic heterocycles. The van der Waals surface area contributed by atoms with Crippen LogP contribution in [0.1, 0.15) is 58.8 Å². The third-order valence-electron chi connectivity index (χ3n) is 5.24. The Hall–Kier alpha value is -0.0800. The van der Waals surface area contributed by atoms with Crippen molar-refractivity contribution in [1.82, 2.24) is 10.2 Å². The first-order valence-corrected chi connectivity index (χ1v) is 8.12. The Labute approximate surface area is 114 Å². The zero-order chi connectivity index (χ0) is 13.0. The van der Waals surface area contributed by atoms with Crippen LogP contribution in [0.4, 0.5) is 0 Å². The second-order valence-electron chi connectivity index (χ2n) is 6.74. The summed E-state index contributed by atoms with van der Waals surface area (Å²) in [5, 5.41) is 3.33. The SMILES string of the molecule is CNCCC1CCCCN1C1CC(C)CCC1C. The minimum Gasteiger partial charge on any atom is -0.320 e. The van der Waals surface area contributed by atoms with Crippen molar-refractivity contribution in [1.29, 1.82) is 0 Å². The number of rotatable bonds is 4. The third-order valence-corrected chi connectivity index (χ3v) is 5.24. The molecule has 2 aliphatic rings. The van der Waals surface area contributed by atoms with Crippen LogP contribution in [-0.2, 0) is 0 Å². The van der Waals surface area contributed by atoms with Crippen molar-refractivity contribution in [3.05, 3.63) is 0 Å². The summed E-state index contributed by atoms with van der Waals surface area (Å²) in [6, 6.07) is 1.72. The third kappa shape index (κ3) is 3.48. The van der Waals surface area contributed by atoms with E-state index in [4.69, 9.17) is 0 Å². The molecular weight excluding hydrogens is 220 g/mol. The minimum absolute atomic E-state index is 0.851. The number of piperidine rings is 1. The summed E-state index contributed by atoms with van der Waals surface area (Å²) in [6.45, 7) is 7.47. The van der Waals surface area contributed by atoms with E-state index in [9.17, 15) is 0 Å². The molecule has 18 heavy (non-hydrogen) atoms. The van der Waals surface area contributed by atoms with Crippen LogP contribution in [0.15, 0.2) is 0 Å². The van der Waals surface area contributed by atoms with E-state index in [1.54, 1.807) is 0 Å². The van der Waals surface area contributed by atoms with Crippen molar-refractivity contribution < 1.29 is 0 Å². The van der Waals surface area contributed by atoms with E-state index in [1.165, 1.54) is 58.0 Å². The molecule has 4 unspecified atom stereocenters. The largest absolute Gasteiger partial charge is 0.320 e. The molecule has 2 nitrogen and oxygen atoms in total. The lowest BCUT2D eigenvalue weighted by Crippen LogP contribution is -2.51. The predicted octanol–water partition coefficient (Wildman–Crippen LogP) is 3.28. The van der Waals surface area contributed by atoms with Crippen molar-refractivity contribution in [2.24, 2.45) is 11.8 Å². The molecule has 1 aliphatic carbocycles. The van der Waals surface area contributed by atoms with Crippen LogP contribution in [0.5, 0.6) is 0 Å². The van der Waals surface area contributed by atoms with Crippen LogP contribution < -0.4 is 5.32 Å². The van der Waals surface area contributed by atoms with Gasteiger partial charge in [0.15, 0.2) is 0 Å². The van der Waals surface area contributed by atoms with Gasteiger partial charge in [-0.1, -0.05) is 26.7 Å².